The molecular weight excluding hydrogens is 566 g/mol. The number of ether oxygens (including phenoxy) is 1. The number of pyridine rings is 2. The van der Waals surface area contributed by atoms with Crippen molar-refractivity contribution >= 4 is 32.7 Å². The Morgan fingerprint density at radius 2 is 1.37 bits per heavy atom. The summed E-state index contributed by atoms with van der Waals surface area (Å²) in [6.07, 6.45) is 1.86. The molecule has 3 aromatic heterocycles. The summed E-state index contributed by atoms with van der Waals surface area (Å²) in [6.45, 7) is 6.36. The Kier molecular flexibility index (Phi) is 6.54. The average molecular weight is 598 g/mol. The van der Waals surface area contributed by atoms with Crippen molar-refractivity contribution in [2.24, 2.45) is 0 Å². The number of nitrogens with zero attached hydrogens (tertiary/aromatic N) is 3. The van der Waals surface area contributed by atoms with E-state index in [-0.39, 0.29) is 5.75 Å². The molecule has 0 saturated heterocycles. The molecule has 8 aromatic rings. The van der Waals surface area contributed by atoms with Gasteiger partial charge in [-0.3, -0.25) is 4.57 Å². The molecule has 0 aliphatic rings. The highest BCUT2D eigenvalue weighted by Crippen LogP contribution is 2.39. The highest BCUT2D eigenvalue weighted by Gasteiger charge is 2.17. The van der Waals surface area contributed by atoms with Gasteiger partial charge in [-0.15, -0.1) is 0 Å². The van der Waals surface area contributed by atoms with Crippen molar-refractivity contribution in [3.05, 3.63) is 144 Å². The van der Waals surface area contributed by atoms with E-state index >= 15 is 0 Å². The van der Waals surface area contributed by atoms with Gasteiger partial charge in [0.05, 0.1) is 11.0 Å². The zero-order valence-electron chi connectivity index (χ0n) is 25.8. The Labute approximate surface area is 267 Å². The third kappa shape index (κ3) is 4.65. The van der Waals surface area contributed by atoms with Gasteiger partial charge < -0.3 is 9.84 Å². The van der Waals surface area contributed by atoms with Crippen LogP contribution in [-0.2, 0) is 0 Å². The molecular formula is C41H31N3O2. The zero-order valence-corrected chi connectivity index (χ0v) is 25.8. The van der Waals surface area contributed by atoms with Gasteiger partial charge in [-0.05, 0) is 103 Å². The Morgan fingerprint density at radius 1 is 0.630 bits per heavy atom. The number of hydrogen-bond donors (Lipinski definition) is 1. The zero-order chi connectivity index (χ0) is 31.4. The summed E-state index contributed by atoms with van der Waals surface area (Å²) in [7, 11) is 0. The molecule has 0 saturated carbocycles. The lowest BCUT2D eigenvalue weighted by Gasteiger charge is -2.15. The summed E-state index contributed by atoms with van der Waals surface area (Å²) in [5.41, 5.74) is 10.6. The molecule has 0 unspecified atom stereocenters. The predicted molar refractivity (Wildman–Crippen MR) is 187 cm³/mol. The number of rotatable bonds is 5. The first kappa shape index (κ1) is 27.6. The van der Waals surface area contributed by atoms with Gasteiger partial charge in [-0.1, -0.05) is 66.2 Å². The van der Waals surface area contributed by atoms with Gasteiger partial charge in [-0.2, -0.15) is 0 Å². The van der Waals surface area contributed by atoms with Crippen molar-refractivity contribution in [3.63, 3.8) is 0 Å². The van der Waals surface area contributed by atoms with Crippen LogP contribution in [0.2, 0.25) is 0 Å². The second-order valence-electron chi connectivity index (χ2n) is 11.9. The number of phenolic OH excluding ortho intramolecular Hbond substituents is 1. The number of para-hydroxylation sites is 1. The van der Waals surface area contributed by atoms with Crippen LogP contribution < -0.4 is 4.74 Å². The van der Waals surface area contributed by atoms with E-state index in [4.69, 9.17) is 14.7 Å². The minimum Gasteiger partial charge on any atom is -0.506 e. The molecule has 0 radical (unpaired) electrons. The molecule has 3 heterocycles. The number of benzene rings is 5. The molecule has 0 spiro atoms. The molecule has 0 aliphatic carbocycles. The smallest absolute Gasteiger partial charge is 0.219 e. The average Bonchev–Trinajstić information content (AvgIpc) is 3.39. The third-order valence-corrected chi connectivity index (χ3v) is 8.71. The van der Waals surface area contributed by atoms with Crippen molar-refractivity contribution in [1.82, 2.24) is 14.5 Å². The molecule has 5 aromatic carbocycles. The summed E-state index contributed by atoms with van der Waals surface area (Å²) in [4.78, 5) is 9.59. The van der Waals surface area contributed by atoms with Crippen LogP contribution >= 0.6 is 0 Å². The van der Waals surface area contributed by atoms with E-state index in [1.54, 1.807) is 6.07 Å². The Hall–Kier alpha value is -5.94. The van der Waals surface area contributed by atoms with Gasteiger partial charge >= 0.3 is 0 Å². The van der Waals surface area contributed by atoms with E-state index in [1.165, 1.54) is 16.7 Å². The number of aromatic hydroxyl groups is 1. The molecule has 46 heavy (non-hydrogen) atoms. The highest BCUT2D eigenvalue weighted by atomic mass is 16.5. The van der Waals surface area contributed by atoms with Gasteiger partial charge in [0.1, 0.15) is 22.8 Å². The number of fused-ring (bicyclic) bond motifs is 4. The fraction of sp³-hybridized carbons (Fsp3) is 0.0732. The van der Waals surface area contributed by atoms with Crippen LogP contribution in [0, 0.1) is 20.8 Å². The van der Waals surface area contributed by atoms with Crippen molar-refractivity contribution in [2.45, 2.75) is 20.8 Å². The lowest BCUT2D eigenvalue weighted by Crippen LogP contribution is -1.98. The molecule has 1 N–H and O–H groups in total. The molecule has 0 fully saturated rings. The standard InChI is InChI=1S/C41H31N3O2/c1-25-21-26(2)40(27(3)22-25)33-15-17-37(45)41-34(33)16-18-39(43-41)46-30-13-14-32-31-11-7-8-12-35(31)44(36(32)24-30)38-23-29(19-20-42-38)28-9-5-4-6-10-28/h4-24,45H,1-3H3. The molecule has 8 rings (SSSR count). The van der Waals surface area contributed by atoms with Gasteiger partial charge in [-0.25, -0.2) is 9.97 Å². The van der Waals surface area contributed by atoms with Crippen molar-refractivity contribution in [3.8, 4) is 45.5 Å². The minimum absolute atomic E-state index is 0.117. The summed E-state index contributed by atoms with van der Waals surface area (Å²) in [5, 5.41) is 14.0. The monoisotopic (exact) mass is 597 g/mol. The number of hydrogen-bond acceptors (Lipinski definition) is 4. The molecule has 0 amide bonds. The van der Waals surface area contributed by atoms with Gasteiger partial charge in [0.2, 0.25) is 5.88 Å². The van der Waals surface area contributed by atoms with E-state index in [9.17, 15) is 5.11 Å². The van der Waals surface area contributed by atoms with E-state index in [0.717, 1.165) is 55.3 Å². The maximum Gasteiger partial charge on any atom is 0.219 e. The fourth-order valence-electron chi connectivity index (χ4n) is 6.80. The van der Waals surface area contributed by atoms with E-state index in [2.05, 4.69) is 86.0 Å². The van der Waals surface area contributed by atoms with Crippen molar-refractivity contribution in [2.75, 3.05) is 0 Å². The molecule has 222 valence electrons. The lowest BCUT2D eigenvalue weighted by atomic mass is 9.91. The number of phenols is 1. The van der Waals surface area contributed by atoms with Crippen LogP contribution in [0.15, 0.2) is 128 Å². The van der Waals surface area contributed by atoms with E-state index in [1.807, 2.05) is 60.8 Å². The quantitative estimate of drug-likeness (QED) is 0.214. The summed E-state index contributed by atoms with van der Waals surface area (Å²) >= 11 is 0. The highest BCUT2D eigenvalue weighted by molar-refractivity contribution is 6.09. The molecule has 5 heteroatoms. The Morgan fingerprint density at radius 3 is 2.20 bits per heavy atom. The van der Waals surface area contributed by atoms with Crippen LogP contribution in [0.4, 0.5) is 0 Å². The molecule has 0 atom stereocenters. The number of aromatic nitrogens is 3. The largest absolute Gasteiger partial charge is 0.506 e. The predicted octanol–water partition coefficient (Wildman–Crippen LogP) is 10.5. The fourth-order valence-corrected chi connectivity index (χ4v) is 6.80. The van der Waals surface area contributed by atoms with Gasteiger partial charge in [0, 0.05) is 34.5 Å². The van der Waals surface area contributed by atoms with Crippen LogP contribution in [0.3, 0.4) is 0 Å². The SMILES string of the molecule is Cc1cc(C)c(-c2ccc(O)c3nc(Oc4ccc5c6ccccc6n(-c6cc(-c7ccccc7)ccn6)c5c4)ccc23)c(C)c1. The van der Waals surface area contributed by atoms with Gasteiger partial charge in [0.25, 0.3) is 0 Å². The second kappa shape index (κ2) is 10.9. The molecule has 0 bridgehead atoms. The van der Waals surface area contributed by atoms with Crippen molar-refractivity contribution in [1.29, 1.82) is 0 Å². The first-order valence-corrected chi connectivity index (χ1v) is 15.4. The lowest BCUT2D eigenvalue weighted by molar-refractivity contribution is 0.460. The van der Waals surface area contributed by atoms with Crippen LogP contribution in [-0.4, -0.2) is 19.6 Å². The Balaban J connectivity index is 1.23. The van der Waals surface area contributed by atoms with E-state index < -0.39 is 0 Å². The van der Waals surface area contributed by atoms with E-state index in [0.29, 0.717) is 17.1 Å². The number of aryl methyl sites for hydroxylation is 3. The normalized spacial score (nSPS) is 11.5. The third-order valence-electron chi connectivity index (χ3n) is 8.71. The minimum atomic E-state index is 0.117. The summed E-state index contributed by atoms with van der Waals surface area (Å²) in [6, 6.07) is 40.9. The molecule has 5 nitrogen and oxygen atoms in total. The topological polar surface area (TPSA) is 60.2 Å². The maximum atomic E-state index is 10.9. The Bertz CT molecular complexity index is 2420. The summed E-state index contributed by atoms with van der Waals surface area (Å²) < 4.78 is 8.56. The maximum absolute atomic E-state index is 10.9. The second-order valence-corrected chi connectivity index (χ2v) is 11.9. The summed E-state index contributed by atoms with van der Waals surface area (Å²) in [5.74, 6) is 1.99. The first-order valence-electron chi connectivity index (χ1n) is 15.4. The molecule has 0 aliphatic heterocycles. The van der Waals surface area contributed by atoms with Crippen LogP contribution in [0.5, 0.6) is 17.4 Å². The van der Waals surface area contributed by atoms with Gasteiger partial charge in [0.15, 0.2) is 0 Å². The van der Waals surface area contributed by atoms with Crippen molar-refractivity contribution < 1.29 is 9.84 Å². The van der Waals surface area contributed by atoms with Crippen LogP contribution in [0.1, 0.15) is 16.7 Å². The van der Waals surface area contributed by atoms with Crippen LogP contribution in [0.25, 0.3) is 60.8 Å². The first-order chi connectivity index (χ1) is 22.4.